The van der Waals surface area contributed by atoms with E-state index in [-0.39, 0.29) is 5.97 Å². The highest BCUT2D eigenvalue weighted by molar-refractivity contribution is 7.80. The molecule has 1 aromatic heterocycles. The van der Waals surface area contributed by atoms with Gasteiger partial charge in [-0.25, -0.2) is 4.79 Å². The number of methoxy groups -OCH3 is 1. The van der Waals surface area contributed by atoms with Crippen LogP contribution in [0.25, 0.3) is 0 Å². The van der Waals surface area contributed by atoms with E-state index in [0.717, 1.165) is 74.0 Å². The number of hydrogen-bond acceptors (Lipinski definition) is 7. The molecule has 0 atom stereocenters. The van der Waals surface area contributed by atoms with Crippen molar-refractivity contribution in [3.63, 3.8) is 0 Å². The number of carbonyl (C=O) groups is 1. The van der Waals surface area contributed by atoms with Gasteiger partial charge in [-0.3, -0.25) is 4.90 Å². The lowest BCUT2D eigenvalue weighted by Crippen LogP contribution is -2.49. The van der Waals surface area contributed by atoms with Gasteiger partial charge in [-0.05, 0) is 61.2 Å². The second kappa shape index (κ2) is 9.25. The summed E-state index contributed by atoms with van der Waals surface area (Å²) in [4.78, 5) is 18.4. The molecule has 1 N–H and O–H groups in total. The summed E-state index contributed by atoms with van der Waals surface area (Å²) in [7, 11) is 1.44. The first kappa shape index (κ1) is 21.5. The summed E-state index contributed by atoms with van der Waals surface area (Å²) in [5.74, 6) is 1.37. The molecule has 2 aromatic rings. The van der Waals surface area contributed by atoms with E-state index in [1.165, 1.54) is 24.0 Å². The molecule has 0 radical (unpaired) electrons. The second-order valence-electron chi connectivity index (χ2n) is 8.29. The Kier molecular flexibility index (Phi) is 6.21. The standard InChI is InChI=1S/C23H27N3O4S2/c1-28-22(27)20-16-4-2-3-5-19(16)32-21(20)24-23(31)26-10-8-25(9-11-26)13-15-6-7-17-18(12-15)30-14-29-17/h6-7,12H,2-5,8-11,13-14H2,1H3,(H,24,31). The minimum absolute atomic E-state index is 0.275. The Bertz CT molecular complexity index is 1030. The van der Waals surface area contributed by atoms with E-state index in [9.17, 15) is 4.79 Å². The van der Waals surface area contributed by atoms with Crippen molar-refractivity contribution in [2.45, 2.75) is 32.2 Å². The van der Waals surface area contributed by atoms with Crippen molar-refractivity contribution in [3.8, 4) is 11.5 Å². The van der Waals surface area contributed by atoms with Crippen LogP contribution in [-0.2, 0) is 24.1 Å². The van der Waals surface area contributed by atoms with Crippen LogP contribution in [0.3, 0.4) is 0 Å². The third kappa shape index (κ3) is 4.29. The van der Waals surface area contributed by atoms with Crippen LogP contribution in [0.15, 0.2) is 18.2 Å². The molecule has 0 saturated carbocycles. The van der Waals surface area contributed by atoms with E-state index in [0.29, 0.717) is 17.5 Å². The minimum atomic E-state index is -0.275. The molecule has 170 valence electrons. The van der Waals surface area contributed by atoms with Gasteiger partial charge in [-0.2, -0.15) is 0 Å². The largest absolute Gasteiger partial charge is 0.465 e. The van der Waals surface area contributed by atoms with Gasteiger partial charge in [0.2, 0.25) is 6.79 Å². The van der Waals surface area contributed by atoms with Gasteiger partial charge in [0, 0.05) is 37.6 Å². The summed E-state index contributed by atoms with van der Waals surface area (Å²) >= 11 is 7.37. The Morgan fingerprint density at radius 2 is 1.94 bits per heavy atom. The molecule has 0 spiro atoms. The van der Waals surface area contributed by atoms with Crippen molar-refractivity contribution in [1.29, 1.82) is 0 Å². The van der Waals surface area contributed by atoms with Gasteiger partial charge in [-0.15, -0.1) is 11.3 Å². The number of rotatable bonds is 4. The number of thiocarbonyl (C=S) groups is 1. The number of fused-ring (bicyclic) bond motifs is 2. The predicted molar refractivity (Wildman–Crippen MR) is 128 cm³/mol. The Hall–Kier alpha value is -2.36. The molecule has 5 rings (SSSR count). The van der Waals surface area contributed by atoms with E-state index in [2.05, 4.69) is 27.2 Å². The Labute approximate surface area is 197 Å². The molecule has 2 aliphatic heterocycles. The molecular formula is C23H27N3O4S2. The lowest BCUT2D eigenvalue weighted by atomic mass is 9.95. The Balaban J connectivity index is 1.20. The molecule has 32 heavy (non-hydrogen) atoms. The summed E-state index contributed by atoms with van der Waals surface area (Å²) in [5.41, 5.74) is 3.04. The first-order valence-electron chi connectivity index (χ1n) is 11.0. The molecule has 0 unspecified atom stereocenters. The van der Waals surface area contributed by atoms with Gasteiger partial charge in [-0.1, -0.05) is 6.07 Å². The number of hydrogen-bond donors (Lipinski definition) is 1. The highest BCUT2D eigenvalue weighted by atomic mass is 32.1. The van der Waals surface area contributed by atoms with Crippen molar-refractivity contribution in [2.24, 2.45) is 0 Å². The van der Waals surface area contributed by atoms with Gasteiger partial charge in [0.05, 0.1) is 12.7 Å². The molecule has 3 aliphatic rings. The molecule has 3 heterocycles. The van der Waals surface area contributed by atoms with Crippen LogP contribution in [0.5, 0.6) is 11.5 Å². The Morgan fingerprint density at radius 1 is 1.16 bits per heavy atom. The second-order valence-corrected chi connectivity index (χ2v) is 9.78. The van der Waals surface area contributed by atoms with Gasteiger partial charge >= 0.3 is 5.97 Å². The topological polar surface area (TPSA) is 63.3 Å². The molecule has 7 nitrogen and oxygen atoms in total. The predicted octanol–water partition coefficient (Wildman–Crippen LogP) is 3.66. The maximum atomic E-state index is 12.5. The van der Waals surface area contributed by atoms with Crippen molar-refractivity contribution in [2.75, 3.05) is 45.4 Å². The molecule has 1 saturated heterocycles. The van der Waals surface area contributed by atoms with E-state index >= 15 is 0 Å². The third-order valence-corrected chi connectivity index (χ3v) is 7.85. The molecule has 0 bridgehead atoms. The van der Waals surface area contributed by atoms with Crippen molar-refractivity contribution in [1.82, 2.24) is 9.80 Å². The van der Waals surface area contributed by atoms with Crippen LogP contribution >= 0.6 is 23.6 Å². The number of anilines is 1. The summed E-state index contributed by atoms with van der Waals surface area (Å²) in [6.45, 7) is 4.69. The van der Waals surface area contributed by atoms with Gasteiger partial charge < -0.3 is 24.4 Å². The number of carbonyl (C=O) groups excluding carboxylic acids is 1. The SMILES string of the molecule is COC(=O)c1c(NC(=S)N2CCN(Cc3ccc4c(c3)OCO4)CC2)sc2c1CCCC2. The van der Waals surface area contributed by atoms with Crippen molar-refractivity contribution >= 4 is 39.6 Å². The number of ether oxygens (including phenoxy) is 3. The zero-order valence-corrected chi connectivity index (χ0v) is 19.8. The van der Waals surface area contributed by atoms with Crippen LogP contribution in [0, 0.1) is 0 Å². The number of benzene rings is 1. The summed E-state index contributed by atoms with van der Waals surface area (Å²) < 4.78 is 16.0. The van der Waals surface area contributed by atoms with Gasteiger partial charge in [0.1, 0.15) is 5.00 Å². The van der Waals surface area contributed by atoms with Gasteiger partial charge in [0.15, 0.2) is 16.6 Å². The summed E-state index contributed by atoms with van der Waals surface area (Å²) in [5, 5.41) is 4.88. The molecule has 1 aliphatic carbocycles. The molecule has 1 fully saturated rings. The number of thiophene rings is 1. The first-order valence-corrected chi connectivity index (χ1v) is 12.2. The maximum Gasteiger partial charge on any atom is 0.341 e. The fourth-order valence-electron chi connectivity index (χ4n) is 4.55. The van der Waals surface area contributed by atoms with Gasteiger partial charge in [0.25, 0.3) is 0 Å². The number of nitrogens with zero attached hydrogens (tertiary/aromatic N) is 2. The van der Waals surface area contributed by atoms with Crippen LogP contribution < -0.4 is 14.8 Å². The molecule has 9 heteroatoms. The van der Waals surface area contributed by atoms with Crippen LogP contribution in [0.4, 0.5) is 5.00 Å². The Morgan fingerprint density at radius 3 is 2.75 bits per heavy atom. The minimum Gasteiger partial charge on any atom is -0.465 e. The fraction of sp³-hybridized carbons (Fsp3) is 0.478. The molecule has 0 amide bonds. The lowest BCUT2D eigenvalue weighted by Gasteiger charge is -2.36. The van der Waals surface area contributed by atoms with E-state index in [1.54, 1.807) is 11.3 Å². The average molecular weight is 474 g/mol. The maximum absolute atomic E-state index is 12.5. The lowest BCUT2D eigenvalue weighted by molar-refractivity contribution is 0.0601. The fourth-order valence-corrected chi connectivity index (χ4v) is 6.18. The van der Waals surface area contributed by atoms with Crippen LogP contribution in [0.2, 0.25) is 0 Å². The third-order valence-electron chi connectivity index (χ3n) is 6.28. The summed E-state index contributed by atoms with van der Waals surface area (Å²) in [6, 6.07) is 6.14. The smallest absolute Gasteiger partial charge is 0.341 e. The monoisotopic (exact) mass is 473 g/mol. The van der Waals surface area contributed by atoms with Crippen molar-refractivity contribution < 1.29 is 19.0 Å². The number of nitrogens with one attached hydrogen (secondary N) is 1. The number of piperazine rings is 1. The van der Waals surface area contributed by atoms with E-state index in [1.807, 2.05) is 6.07 Å². The number of aryl methyl sites for hydroxylation is 1. The van der Waals surface area contributed by atoms with E-state index < -0.39 is 0 Å². The van der Waals surface area contributed by atoms with Crippen LogP contribution in [0.1, 0.15) is 39.2 Å². The zero-order valence-electron chi connectivity index (χ0n) is 18.1. The van der Waals surface area contributed by atoms with Crippen LogP contribution in [-0.4, -0.2) is 61.0 Å². The van der Waals surface area contributed by atoms with E-state index in [4.69, 9.17) is 26.4 Å². The highest BCUT2D eigenvalue weighted by Gasteiger charge is 2.28. The molecule has 1 aromatic carbocycles. The quantitative estimate of drug-likeness (QED) is 0.533. The summed E-state index contributed by atoms with van der Waals surface area (Å²) in [6.07, 6.45) is 4.24. The average Bonchev–Trinajstić information content (AvgIpc) is 3.42. The highest BCUT2D eigenvalue weighted by Crippen LogP contribution is 2.39. The first-order chi connectivity index (χ1) is 15.6. The normalized spacial score (nSPS) is 17.7. The number of esters is 1. The molecular weight excluding hydrogens is 446 g/mol. The van der Waals surface area contributed by atoms with Crippen molar-refractivity contribution in [3.05, 3.63) is 39.8 Å². The zero-order chi connectivity index (χ0) is 22.1.